The lowest BCUT2D eigenvalue weighted by atomic mass is 9.87. The van der Waals surface area contributed by atoms with E-state index in [9.17, 15) is 4.79 Å². The number of urea groups is 1. The van der Waals surface area contributed by atoms with Crippen molar-refractivity contribution in [2.24, 2.45) is 5.92 Å². The van der Waals surface area contributed by atoms with Gasteiger partial charge >= 0.3 is 6.03 Å². The molecule has 1 fully saturated rings. The van der Waals surface area contributed by atoms with E-state index in [-0.39, 0.29) is 6.03 Å². The van der Waals surface area contributed by atoms with E-state index in [0.717, 1.165) is 24.5 Å². The lowest BCUT2D eigenvalue weighted by Gasteiger charge is -2.26. The molecule has 2 amide bonds. The fourth-order valence-corrected chi connectivity index (χ4v) is 2.31. The normalized spacial score (nSPS) is 23.4. The van der Waals surface area contributed by atoms with E-state index >= 15 is 0 Å². The molecule has 0 aromatic carbocycles. The average molecular weight is 247 g/mol. The summed E-state index contributed by atoms with van der Waals surface area (Å²) in [6, 6.07) is 5.95. The summed E-state index contributed by atoms with van der Waals surface area (Å²) in [5.74, 6) is 0.805. The Bertz CT molecular complexity index is 372. The van der Waals surface area contributed by atoms with Crippen LogP contribution in [0.5, 0.6) is 0 Å². The van der Waals surface area contributed by atoms with Gasteiger partial charge in [0.05, 0.1) is 12.2 Å². The molecule has 2 N–H and O–H groups in total. The molecule has 4 heteroatoms. The van der Waals surface area contributed by atoms with Crippen LogP contribution >= 0.6 is 0 Å². The van der Waals surface area contributed by atoms with Crippen LogP contribution < -0.4 is 10.6 Å². The predicted molar refractivity (Wildman–Crippen MR) is 71.0 cm³/mol. The molecular formula is C14H21N3O. The SMILES string of the molecule is CC1CCC(NC(=O)NCc2ccccn2)CC1. The standard InChI is InChI=1S/C14H21N3O/c1-11-5-7-12(8-6-11)17-14(18)16-10-13-4-2-3-9-15-13/h2-4,9,11-12H,5-8,10H2,1H3,(H2,16,17,18). The van der Waals surface area contributed by atoms with Crippen molar-refractivity contribution in [2.45, 2.75) is 45.2 Å². The fourth-order valence-electron chi connectivity index (χ4n) is 2.31. The molecule has 0 spiro atoms. The van der Waals surface area contributed by atoms with Crippen molar-refractivity contribution < 1.29 is 4.79 Å². The molecule has 1 aliphatic carbocycles. The molecule has 1 aromatic heterocycles. The third kappa shape index (κ3) is 4.02. The summed E-state index contributed by atoms with van der Waals surface area (Å²) >= 11 is 0. The van der Waals surface area contributed by atoms with E-state index in [1.165, 1.54) is 12.8 Å². The number of nitrogens with zero attached hydrogens (tertiary/aromatic N) is 1. The zero-order valence-electron chi connectivity index (χ0n) is 10.9. The van der Waals surface area contributed by atoms with Crippen molar-refractivity contribution in [2.75, 3.05) is 0 Å². The second kappa shape index (κ2) is 6.38. The molecule has 4 nitrogen and oxygen atoms in total. The summed E-state index contributed by atoms with van der Waals surface area (Å²) in [5, 5.41) is 5.88. The number of carbonyl (C=O) groups excluding carboxylic acids is 1. The number of nitrogens with one attached hydrogen (secondary N) is 2. The van der Waals surface area contributed by atoms with Crippen molar-refractivity contribution in [3.05, 3.63) is 30.1 Å². The topological polar surface area (TPSA) is 54.0 Å². The number of rotatable bonds is 3. The first-order valence-corrected chi connectivity index (χ1v) is 6.68. The number of hydrogen-bond acceptors (Lipinski definition) is 2. The maximum atomic E-state index is 11.7. The van der Waals surface area contributed by atoms with Crippen LogP contribution in [0.3, 0.4) is 0 Å². The summed E-state index contributed by atoms with van der Waals surface area (Å²) in [5.41, 5.74) is 0.880. The van der Waals surface area contributed by atoms with Crippen LogP contribution in [0, 0.1) is 5.92 Å². The Hall–Kier alpha value is -1.58. The van der Waals surface area contributed by atoms with Gasteiger partial charge in [0.25, 0.3) is 0 Å². The number of carbonyl (C=O) groups is 1. The van der Waals surface area contributed by atoms with Gasteiger partial charge in [-0.25, -0.2) is 4.79 Å². The molecule has 18 heavy (non-hydrogen) atoms. The van der Waals surface area contributed by atoms with Crippen molar-refractivity contribution in [3.8, 4) is 0 Å². The van der Waals surface area contributed by atoms with E-state index in [1.807, 2.05) is 18.2 Å². The quantitative estimate of drug-likeness (QED) is 0.862. The molecule has 0 atom stereocenters. The molecular weight excluding hydrogens is 226 g/mol. The number of hydrogen-bond donors (Lipinski definition) is 2. The lowest BCUT2D eigenvalue weighted by molar-refractivity contribution is 0.228. The lowest BCUT2D eigenvalue weighted by Crippen LogP contribution is -2.43. The summed E-state index contributed by atoms with van der Waals surface area (Å²) in [6.07, 6.45) is 6.35. The zero-order valence-corrected chi connectivity index (χ0v) is 10.9. The molecule has 0 saturated heterocycles. The van der Waals surface area contributed by atoms with Crippen LogP contribution in [0.1, 0.15) is 38.3 Å². The highest BCUT2D eigenvalue weighted by molar-refractivity contribution is 5.74. The number of pyridine rings is 1. The second-order valence-corrected chi connectivity index (χ2v) is 5.10. The maximum Gasteiger partial charge on any atom is 0.315 e. The first-order chi connectivity index (χ1) is 8.74. The zero-order chi connectivity index (χ0) is 12.8. The minimum absolute atomic E-state index is 0.0831. The van der Waals surface area contributed by atoms with E-state index < -0.39 is 0 Å². The largest absolute Gasteiger partial charge is 0.335 e. The molecule has 2 rings (SSSR count). The van der Waals surface area contributed by atoms with Crippen LogP contribution in [-0.2, 0) is 6.54 Å². The summed E-state index contributed by atoms with van der Waals surface area (Å²) in [7, 11) is 0. The first kappa shape index (κ1) is 12.9. The fraction of sp³-hybridized carbons (Fsp3) is 0.571. The second-order valence-electron chi connectivity index (χ2n) is 5.10. The van der Waals surface area contributed by atoms with Crippen LogP contribution in [0.15, 0.2) is 24.4 Å². The number of aromatic nitrogens is 1. The Labute approximate surface area is 108 Å². The van der Waals surface area contributed by atoms with Gasteiger partial charge in [-0.1, -0.05) is 13.0 Å². The van der Waals surface area contributed by atoms with Gasteiger partial charge in [-0.2, -0.15) is 0 Å². The van der Waals surface area contributed by atoms with E-state index in [2.05, 4.69) is 22.5 Å². The minimum Gasteiger partial charge on any atom is -0.335 e. The van der Waals surface area contributed by atoms with Gasteiger partial charge in [-0.05, 0) is 43.7 Å². The van der Waals surface area contributed by atoms with Crippen LogP contribution in [0.4, 0.5) is 4.79 Å². The molecule has 1 saturated carbocycles. The molecule has 0 radical (unpaired) electrons. The van der Waals surface area contributed by atoms with Crippen LogP contribution in [0.25, 0.3) is 0 Å². The molecule has 0 bridgehead atoms. The van der Waals surface area contributed by atoms with Crippen molar-refractivity contribution in [3.63, 3.8) is 0 Å². The molecule has 1 aromatic rings. The molecule has 98 valence electrons. The van der Waals surface area contributed by atoms with Crippen LogP contribution in [0.2, 0.25) is 0 Å². The van der Waals surface area contributed by atoms with Crippen molar-refractivity contribution in [1.82, 2.24) is 15.6 Å². The van der Waals surface area contributed by atoms with E-state index in [1.54, 1.807) is 6.20 Å². The van der Waals surface area contributed by atoms with Gasteiger partial charge in [-0.15, -0.1) is 0 Å². The Morgan fingerprint density at radius 1 is 1.33 bits per heavy atom. The Morgan fingerprint density at radius 2 is 2.11 bits per heavy atom. The van der Waals surface area contributed by atoms with Crippen molar-refractivity contribution in [1.29, 1.82) is 0 Å². The third-order valence-corrected chi connectivity index (χ3v) is 3.51. The highest BCUT2D eigenvalue weighted by atomic mass is 16.2. The van der Waals surface area contributed by atoms with Gasteiger partial charge in [0.1, 0.15) is 0 Å². The van der Waals surface area contributed by atoms with Crippen molar-refractivity contribution >= 4 is 6.03 Å². The Morgan fingerprint density at radius 3 is 2.78 bits per heavy atom. The van der Waals surface area contributed by atoms with Gasteiger partial charge in [0.15, 0.2) is 0 Å². The summed E-state index contributed by atoms with van der Waals surface area (Å²) in [4.78, 5) is 15.9. The van der Waals surface area contributed by atoms with E-state index in [4.69, 9.17) is 0 Å². The van der Waals surface area contributed by atoms with Gasteiger partial charge in [0.2, 0.25) is 0 Å². The highest BCUT2D eigenvalue weighted by Crippen LogP contribution is 2.23. The smallest absolute Gasteiger partial charge is 0.315 e. The maximum absolute atomic E-state index is 11.7. The van der Waals surface area contributed by atoms with Crippen LogP contribution in [-0.4, -0.2) is 17.1 Å². The molecule has 0 unspecified atom stereocenters. The summed E-state index contributed by atoms with van der Waals surface area (Å²) < 4.78 is 0. The number of amides is 2. The molecule has 1 heterocycles. The van der Waals surface area contributed by atoms with Gasteiger partial charge < -0.3 is 10.6 Å². The highest BCUT2D eigenvalue weighted by Gasteiger charge is 2.19. The summed E-state index contributed by atoms with van der Waals surface area (Å²) in [6.45, 7) is 2.76. The minimum atomic E-state index is -0.0831. The first-order valence-electron chi connectivity index (χ1n) is 6.68. The third-order valence-electron chi connectivity index (χ3n) is 3.51. The van der Waals surface area contributed by atoms with Gasteiger partial charge in [-0.3, -0.25) is 4.98 Å². The Balaban J connectivity index is 1.69. The Kier molecular flexibility index (Phi) is 4.56. The molecule has 1 aliphatic rings. The average Bonchev–Trinajstić information content (AvgIpc) is 2.40. The van der Waals surface area contributed by atoms with E-state index in [0.29, 0.717) is 12.6 Å². The monoisotopic (exact) mass is 247 g/mol. The van der Waals surface area contributed by atoms with Gasteiger partial charge in [0, 0.05) is 12.2 Å². The predicted octanol–water partition coefficient (Wildman–Crippen LogP) is 2.46. The molecule has 0 aliphatic heterocycles.